The van der Waals surface area contributed by atoms with E-state index in [1.54, 1.807) is 18.7 Å². The number of benzene rings is 1. The number of esters is 2. The van der Waals surface area contributed by atoms with Gasteiger partial charge in [-0.1, -0.05) is 23.9 Å². The molecular weight excluding hydrogens is 326 g/mol. The summed E-state index contributed by atoms with van der Waals surface area (Å²) < 4.78 is 10.3. The average Bonchev–Trinajstić information content (AvgIpc) is 2.81. The molecule has 2 aliphatic heterocycles. The summed E-state index contributed by atoms with van der Waals surface area (Å²) in [4.78, 5) is 27.6. The molecular formula is C18H19NO4S. The summed E-state index contributed by atoms with van der Waals surface area (Å²) >= 11 is 1.61. The molecule has 1 aromatic rings. The van der Waals surface area contributed by atoms with Gasteiger partial charge in [-0.15, -0.1) is 0 Å². The van der Waals surface area contributed by atoms with Crippen molar-refractivity contribution < 1.29 is 19.1 Å². The number of ether oxygens (including phenoxy) is 2. The van der Waals surface area contributed by atoms with Crippen molar-refractivity contribution in [1.82, 2.24) is 0 Å². The fourth-order valence-electron chi connectivity index (χ4n) is 2.72. The summed E-state index contributed by atoms with van der Waals surface area (Å²) in [6.45, 7) is 7.65. The minimum atomic E-state index is -1.22. The third-order valence-corrected chi connectivity index (χ3v) is 4.88. The van der Waals surface area contributed by atoms with Crippen LogP contribution in [0.15, 0.2) is 51.4 Å². The number of allylic oxidation sites excluding steroid dienone is 2. The Labute approximate surface area is 145 Å². The van der Waals surface area contributed by atoms with Gasteiger partial charge in [-0.3, -0.25) is 0 Å². The first kappa shape index (κ1) is 16.6. The number of cyclic esters (lactones) is 2. The summed E-state index contributed by atoms with van der Waals surface area (Å²) in [7, 11) is 0. The summed E-state index contributed by atoms with van der Waals surface area (Å²) in [6, 6.07) is 8.10. The molecule has 0 bridgehead atoms. The van der Waals surface area contributed by atoms with Crippen molar-refractivity contribution in [2.45, 2.75) is 38.4 Å². The Kier molecular flexibility index (Phi) is 4.17. The maximum Gasteiger partial charge on any atom is 0.349 e. The molecule has 0 aromatic heterocycles. The number of rotatable bonds is 2. The van der Waals surface area contributed by atoms with E-state index < -0.39 is 17.7 Å². The lowest BCUT2D eigenvalue weighted by Gasteiger charge is -2.30. The predicted octanol–water partition coefficient (Wildman–Crippen LogP) is 3.61. The van der Waals surface area contributed by atoms with Gasteiger partial charge in [0.25, 0.3) is 5.79 Å². The van der Waals surface area contributed by atoms with Crippen LogP contribution in [0.3, 0.4) is 0 Å². The van der Waals surface area contributed by atoms with Gasteiger partial charge >= 0.3 is 11.9 Å². The molecule has 1 aromatic carbocycles. The zero-order chi connectivity index (χ0) is 17.5. The topological polar surface area (TPSA) is 55.8 Å². The number of thioether (sulfide) groups is 1. The van der Waals surface area contributed by atoms with E-state index in [4.69, 9.17) is 9.47 Å². The lowest BCUT2D eigenvalue weighted by molar-refractivity contribution is -0.222. The Hall–Kier alpha value is -2.21. The largest absolute Gasteiger partial charge is 0.419 e. The van der Waals surface area contributed by atoms with Crippen LogP contribution in [0.25, 0.3) is 0 Å². The van der Waals surface area contributed by atoms with Gasteiger partial charge in [-0.25, -0.2) is 9.59 Å². The number of fused-ring (bicyclic) bond motifs is 1. The molecule has 2 aliphatic rings. The number of carbonyl (C=O) groups excluding carboxylic acids is 2. The molecule has 2 heterocycles. The number of anilines is 1. The Balaban J connectivity index is 1.97. The molecule has 5 nitrogen and oxygen atoms in total. The van der Waals surface area contributed by atoms with Crippen molar-refractivity contribution in [1.29, 1.82) is 0 Å². The average molecular weight is 345 g/mol. The van der Waals surface area contributed by atoms with Gasteiger partial charge in [-0.2, -0.15) is 0 Å². The molecule has 6 heteroatoms. The summed E-state index contributed by atoms with van der Waals surface area (Å²) in [5.41, 5.74) is 1.62. The fourth-order valence-corrected chi connectivity index (χ4v) is 3.95. The van der Waals surface area contributed by atoms with Crippen LogP contribution in [-0.2, 0) is 19.1 Å². The Morgan fingerprint density at radius 2 is 1.83 bits per heavy atom. The summed E-state index contributed by atoms with van der Waals surface area (Å²) in [6.07, 6.45) is 1.84. The minimum absolute atomic E-state index is 0.0468. The van der Waals surface area contributed by atoms with E-state index in [-0.39, 0.29) is 5.57 Å². The second-order valence-electron chi connectivity index (χ2n) is 6.03. The molecule has 0 amide bonds. The molecule has 126 valence electrons. The molecule has 0 N–H and O–H groups in total. The Bertz CT molecular complexity index is 757. The molecule has 0 radical (unpaired) electrons. The van der Waals surface area contributed by atoms with Gasteiger partial charge in [0.1, 0.15) is 5.57 Å². The van der Waals surface area contributed by atoms with Crippen molar-refractivity contribution >= 4 is 29.4 Å². The van der Waals surface area contributed by atoms with E-state index in [1.165, 1.54) is 13.8 Å². The molecule has 0 spiro atoms. The fraction of sp³-hybridized carbons (Fsp3) is 0.333. The van der Waals surface area contributed by atoms with E-state index in [9.17, 15) is 9.59 Å². The Morgan fingerprint density at radius 3 is 2.46 bits per heavy atom. The van der Waals surface area contributed by atoms with Crippen LogP contribution in [0.2, 0.25) is 0 Å². The molecule has 1 fully saturated rings. The van der Waals surface area contributed by atoms with Crippen molar-refractivity contribution in [3.05, 3.63) is 46.5 Å². The molecule has 0 unspecified atom stereocenters. The SMILES string of the molecule is CCN1/C(=C/C(C)=C2C(=O)OC(C)(C)OC2=O)Sc2ccccc21. The molecule has 0 saturated carbocycles. The third-order valence-electron chi connectivity index (χ3n) is 3.77. The third kappa shape index (κ3) is 2.94. The highest BCUT2D eigenvalue weighted by molar-refractivity contribution is 8.03. The van der Waals surface area contributed by atoms with Crippen LogP contribution in [0.4, 0.5) is 5.69 Å². The monoisotopic (exact) mass is 345 g/mol. The van der Waals surface area contributed by atoms with Crippen molar-refractivity contribution in [2.24, 2.45) is 0 Å². The maximum atomic E-state index is 12.2. The van der Waals surface area contributed by atoms with E-state index >= 15 is 0 Å². The second-order valence-corrected chi connectivity index (χ2v) is 7.10. The molecule has 1 saturated heterocycles. The van der Waals surface area contributed by atoms with Gasteiger partial charge < -0.3 is 14.4 Å². The number of carbonyl (C=O) groups is 2. The molecule has 0 atom stereocenters. The van der Waals surface area contributed by atoms with Crippen LogP contribution in [0, 0.1) is 0 Å². The zero-order valence-electron chi connectivity index (χ0n) is 14.1. The second kappa shape index (κ2) is 6.02. The lowest BCUT2D eigenvalue weighted by atomic mass is 10.1. The Morgan fingerprint density at radius 1 is 1.21 bits per heavy atom. The maximum absolute atomic E-state index is 12.2. The number of nitrogens with zero attached hydrogens (tertiary/aromatic N) is 1. The van der Waals surface area contributed by atoms with Crippen molar-refractivity contribution in [3.8, 4) is 0 Å². The van der Waals surface area contributed by atoms with E-state index in [1.807, 2.05) is 18.2 Å². The van der Waals surface area contributed by atoms with Gasteiger partial charge in [0, 0.05) is 25.3 Å². The minimum Gasteiger partial charge on any atom is -0.419 e. The quantitative estimate of drug-likeness (QED) is 0.464. The smallest absolute Gasteiger partial charge is 0.349 e. The van der Waals surface area contributed by atoms with Gasteiger partial charge in [0.05, 0.1) is 10.7 Å². The lowest BCUT2D eigenvalue weighted by Crippen LogP contribution is -2.42. The zero-order valence-corrected chi connectivity index (χ0v) is 14.9. The van der Waals surface area contributed by atoms with Crippen LogP contribution in [0.1, 0.15) is 27.7 Å². The number of hydrogen-bond acceptors (Lipinski definition) is 6. The predicted molar refractivity (Wildman–Crippen MR) is 92.4 cm³/mol. The van der Waals surface area contributed by atoms with E-state index in [0.29, 0.717) is 5.57 Å². The summed E-state index contributed by atoms with van der Waals surface area (Å²) in [5.74, 6) is -2.51. The first-order valence-corrected chi connectivity index (χ1v) is 8.57. The van der Waals surface area contributed by atoms with Gasteiger partial charge in [0.2, 0.25) is 0 Å². The normalized spacial score (nSPS) is 20.8. The van der Waals surface area contributed by atoms with Gasteiger partial charge in [-0.05, 0) is 37.6 Å². The molecule has 3 rings (SSSR count). The number of para-hydroxylation sites is 1. The van der Waals surface area contributed by atoms with Crippen LogP contribution in [-0.4, -0.2) is 24.3 Å². The summed E-state index contributed by atoms with van der Waals surface area (Å²) in [5, 5.41) is 0.967. The highest BCUT2D eigenvalue weighted by atomic mass is 32.2. The van der Waals surface area contributed by atoms with Crippen molar-refractivity contribution in [3.63, 3.8) is 0 Å². The highest BCUT2D eigenvalue weighted by Crippen LogP contribution is 2.46. The van der Waals surface area contributed by atoms with Crippen molar-refractivity contribution in [2.75, 3.05) is 11.4 Å². The number of hydrogen-bond donors (Lipinski definition) is 0. The first-order valence-electron chi connectivity index (χ1n) is 7.76. The molecule has 24 heavy (non-hydrogen) atoms. The molecule has 0 aliphatic carbocycles. The highest BCUT2D eigenvalue weighted by Gasteiger charge is 2.40. The van der Waals surface area contributed by atoms with Crippen LogP contribution < -0.4 is 4.90 Å². The van der Waals surface area contributed by atoms with Crippen LogP contribution >= 0.6 is 11.8 Å². The first-order chi connectivity index (χ1) is 11.3. The van der Waals surface area contributed by atoms with E-state index in [2.05, 4.69) is 24.0 Å². The van der Waals surface area contributed by atoms with Crippen LogP contribution in [0.5, 0.6) is 0 Å². The van der Waals surface area contributed by atoms with Gasteiger partial charge in [0.15, 0.2) is 0 Å². The van der Waals surface area contributed by atoms with E-state index in [0.717, 1.165) is 22.2 Å². The standard InChI is InChI=1S/C18H19NO4S/c1-5-19-12-8-6-7-9-13(12)24-14(19)10-11(2)15-16(20)22-18(3,4)23-17(15)21/h6-10H,5H2,1-4H3/b14-10-.